The molecular formula is C53H58ClN7O8. The Bertz CT molecular complexity index is 2780. The van der Waals surface area contributed by atoms with Crippen LogP contribution in [0.5, 0.6) is 5.75 Å². The molecule has 0 saturated carbocycles. The van der Waals surface area contributed by atoms with Crippen molar-refractivity contribution in [3.8, 4) is 5.75 Å². The SMILES string of the molecule is CN1CCN(C(=O)Oc2cc3c(c4ccccc24)[C@H](CCl)CC3C(=O)c2cc3cc(CC(=O)c4ccc(NC(=O)[C@H](CCCCN)NC(=O)CCCCCN5C(=O)C=CC5=O)cc4)ccc3[nH]2)CC1. The summed E-state index contributed by atoms with van der Waals surface area (Å²) in [5.41, 5.74) is 10.4. The fourth-order valence-electron chi connectivity index (χ4n) is 9.56. The second-order valence-corrected chi connectivity index (χ2v) is 18.5. The maximum absolute atomic E-state index is 14.5. The molecule has 0 bridgehead atoms. The highest BCUT2D eigenvalue weighted by atomic mass is 35.5. The maximum Gasteiger partial charge on any atom is 0.415 e. The Labute approximate surface area is 405 Å². The third kappa shape index (κ3) is 11.4. The zero-order valence-corrected chi connectivity index (χ0v) is 39.5. The highest BCUT2D eigenvalue weighted by Crippen LogP contribution is 2.49. The van der Waals surface area contributed by atoms with Gasteiger partial charge in [0.15, 0.2) is 11.6 Å². The van der Waals surface area contributed by atoms with Crippen LogP contribution in [0.3, 0.4) is 0 Å². The second-order valence-electron chi connectivity index (χ2n) is 18.2. The van der Waals surface area contributed by atoms with E-state index in [9.17, 15) is 33.6 Å². The summed E-state index contributed by atoms with van der Waals surface area (Å²) < 4.78 is 6.08. The molecule has 0 radical (unpaired) electrons. The Morgan fingerprint density at radius 3 is 2.32 bits per heavy atom. The van der Waals surface area contributed by atoms with Crippen LogP contribution in [-0.4, -0.2) is 119 Å². The molecule has 0 spiro atoms. The lowest BCUT2D eigenvalue weighted by molar-refractivity contribution is -0.137. The number of nitrogens with one attached hydrogen (secondary N) is 3. The Hall–Kier alpha value is -6.68. The fourth-order valence-corrected chi connectivity index (χ4v) is 9.84. The number of hydrogen-bond donors (Lipinski definition) is 4. The number of ether oxygens (including phenoxy) is 1. The van der Waals surface area contributed by atoms with E-state index >= 15 is 0 Å². The van der Waals surface area contributed by atoms with Crippen LogP contribution in [0.2, 0.25) is 0 Å². The monoisotopic (exact) mass is 955 g/mol. The number of nitrogens with two attached hydrogens (primary N) is 1. The van der Waals surface area contributed by atoms with Crippen molar-refractivity contribution in [1.29, 1.82) is 0 Å². The summed E-state index contributed by atoms with van der Waals surface area (Å²) in [5.74, 6) is -1.39. The lowest BCUT2D eigenvalue weighted by Gasteiger charge is -2.31. The number of amides is 5. The van der Waals surface area contributed by atoms with Crippen molar-refractivity contribution in [2.45, 2.75) is 75.7 Å². The van der Waals surface area contributed by atoms with Gasteiger partial charge >= 0.3 is 6.09 Å². The number of hydrogen-bond acceptors (Lipinski definition) is 10. The highest BCUT2D eigenvalue weighted by molar-refractivity contribution is 6.19. The van der Waals surface area contributed by atoms with E-state index in [1.54, 1.807) is 29.2 Å². The number of aromatic amines is 1. The van der Waals surface area contributed by atoms with E-state index in [-0.39, 0.29) is 54.0 Å². The Morgan fingerprint density at radius 2 is 1.59 bits per heavy atom. The molecule has 3 aliphatic rings. The third-order valence-corrected chi connectivity index (χ3v) is 13.8. The molecule has 1 aliphatic carbocycles. The molecule has 1 aromatic heterocycles. The summed E-state index contributed by atoms with van der Waals surface area (Å²) in [5, 5.41) is 8.22. The van der Waals surface area contributed by atoms with E-state index in [1.165, 1.54) is 17.1 Å². The molecule has 1 unspecified atom stereocenters. The zero-order chi connectivity index (χ0) is 48.6. The molecule has 4 aromatic carbocycles. The van der Waals surface area contributed by atoms with Crippen molar-refractivity contribution >= 4 is 80.3 Å². The summed E-state index contributed by atoms with van der Waals surface area (Å²) in [6.45, 7) is 3.41. The van der Waals surface area contributed by atoms with Crippen molar-refractivity contribution in [1.82, 2.24) is 25.0 Å². The first-order chi connectivity index (χ1) is 33.4. The van der Waals surface area contributed by atoms with Crippen LogP contribution in [-0.2, 0) is 25.6 Å². The van der Waals surface area contributed by atoms with Crippen molar-refractivity contribution in [2.75, 3.05) is 57.5 Å². The van der Waals surface area contributed by atoms with Crippen molar-refractivity contribution in [3.63, 3.8) is 0 Å². The standard InChI is InChI=1S/C53H58ClN7O8/c1-59-23-25-60(26-24-59)53(68)69-46-31-40-41(29-36(32-54)50(40)39-10-5-4-9-38(39)46)51(66)44-30-35-27-33(13-18-42(35)57-44)28-45(62)34-14-16-37(17-15-34)56-52(67)43(11-6-7-21-55)58-47(63)12-3-2-8-22-61-48(64)19-20-49(61)65/h4-5,9-10,13-20,27,30-31,36,41,43,57H,2-3,6-8,11-12,21-26,28-29,32,55H2,1H3,(H,56,67)(H,58,63)/t36-,41?,43-/m0/s1. The number of alkyl halides is 1. The minimum absolute atomic E-state index is 0.0761. The van der Waals surface area contributed by atoms with Gasteiger partial charge in [-0.05, 0) is 129 Å². The van der Waals surface area contributed by atoms with Gasteiger partial charge in [0.2, 0.25) is 11.8 Å². The fraction of sp³-hybridized carbons (Fsp3) is 0.377. The van der Waals surface area contributed by atoms with Gasteiger partial charge in [-0.15, -0.1) is 11.6 Å². The Morgan fingerprint density at radius 1 is 0.855 bits per heavy atom. The minimum Gasteiger partial charge on any atom is -0.410 e. The normalized spacial score (nSPS) is 17.4. The van der Waals surface area contributed by atoms with Crippen molar-refractivity contribution in [2.24, 2.45) is 5.73 Å². The molecule has 16 heteroatoms. The van der Waals surface area contributed by atoms with E-state index in [4.69, 9.17) is 22.1 Å². The van der Waals surface area contributed by atoms with Gasteiger partial charge < -0.3 is 35.9 Å². The number of fused-ring (bicyclic) bond motifs is 4. The number of aromatic nitrogens is 1. The first-order valence-electron chi connectivity index (χ1n) is 23.8. The van der Waals surface area contributed by atoms with Crippen LogP contribution in [0.15, 0.2) is 91.0 Å². The van der Waals surface area contributed by atoms with Crippen LogP contribution in [0.1, 0.15) is 101 Å². The summed E-state index contributed by atoms with van der Waals surface area (Å²) >= 11 is 6.58. The summed E-state index contributed by atoms with van der Waals surface area (Å²) in [4.78, 5) is 99.5. The number of imide groups is 1. The van der Waals surface area contributed by atoms with Crippen LogP contribution in [0, 0.1) is 0 Å². The molecule has 2 aliphatic heterocycles. The van der Waals surface area contributed by atoms with Gasteiger partial charge in [0.25, 0.3) is 11.8 Å². The molecule has 5 N–H and O–H groups in total. The number of carbonyl (C=O) groups is 7. The van der Waals surface area contributed by atoms with Gasteiger partial charge in [0, 0.05) is 97.1 Å². The number of halogens is 1. The zero-order valence-electron chi connectivity index (χ0n) is 38.8. The van der Waals surface area contributed by atoms with E-state index in [2.05, 4.69) is 20.5 Å². The van der Waals surface area contributed by atoms with Gasteiger partial charge in [0.1, 0.15) is 11.8 Å². The smallest absolute Gasteiger partial charge is 0.410 e. The minimum atomic E-state index is -0.788. The number of ketones is 2. The first kappa shape index (κ1) is 48.8. The number of Topliss-reactive ketones (excluding diaryl/α,β-unsaturated/α-hetero) is 2. The number of H-pyrrole nitrogens is 1. The predicted molar refractivity (Wildman–Crippen MR) is 265 cm³/mol. The molecule has 69 heavy (non-hydrogen) atoms. The summed E-state index contributed by atoms with van der Waals surface area (Å²) in [6, 6.07) is 22.9. The quantitative estimate of drug-likeness (QED) is 0.0267. The number of nitrogens with zero attached hydrogens (tertiary/aromatic N) is 3. The van der Waals surface area contributed by atoms with Gasteiger partial charge in [-0.1, -0.05) is 36.8 Å². The van der Waals surface area contributed by atoms with Gasteiger partial charge in [-0.2, -0.15) is 0 Å². The number of benzene rings is 4. The number of carbonyl (C=O) groups excluding carboxylic acids is 7. The van der Waals surface area contributed by atoms with Crippen LogP contribution >= 0.6 is 11.6 Å². The number of piperazine rings is 1. The second kappa shape index (κ2) is 22.2. The van der Waals surface area contributed by atoms with Gasteiger partial charge in [-0.3, -0.25) is 33.7 Å². The molecule has 15 nitrogen and oxygen atoms in total. The van der Waals surface area contributed by atoms with E-state index < -0.39 is 18.1 Å². The average molecular weight is 957 g/mol. The molecule has 360 valence electrons. The molecule has 5 aromatic rings. The van der Waals surface area contributed by atoms with Gasteiger partial charge in [-0.25, -0.2) is 4.79 Å². The number of likely N-dealkylation sites (N-methyl/N-ethyl adjacent to an activating group) is 1. The lowest BCUT2D eigenvalue weighted by atomic mass is 9.92. The number of rotatable bonds is 20. The largest absolute Gasteiger partial charge is 0.415 e. The molecular weight excluding hydrogens is 898 g/mol. The Balaban J connectivity index is 0.885. The third-order valence-electron chi connectivity index (χ3n) is 13.4. The highest BCUT2D eigenvalue weighted by Gasteiger charge is 2.38. The van der Waals surface area contributed by atoms with Crippen LogP contribution in [0.4, 0.5) is 10.5 Å². The molecule has 3 heterocycles. The average Bonchev–Trinajstić information content (AvgIpc) is 4.05. The molecule has 5 amide bonds. The molecule has 1 saturated heterocycles. The van der Waals surface area contributed by atoms with Gasteiger partial charge in [0.05, 0.1) is 5.69 Å². The number of unbranched alkanes of at least 4 members (excludes halogenated alkanes) is 3. The predicted octanol–water partition coefficient (Wildman–Crippen LogP) is 7.22. The van der Waals surface area contributed by atoms with E-state index in [1.807, 2.05) is 61.6 Å². The summed E-state index contributed by atoms with van der Waals surface area (Å²) in [7, 11) is 2.03. The van der Waals surface area contributed by atoms with E-state index in [0.29, 0.717) is 99.7 Å². The number of anilines is 1. The van der Waals surface area contributed by atoms with Crippen molar-refractivity contribution in [3.05, 3.63) is 119 Å². The Kier molecular flexibility index (Phi) is 15.7. The molecule has 8 rings (SSSR count). The lowest BCUT2D eigenvalue weighted by Crippen LogP contribution is -2.48. The molecule has 1 fully saturated rings. The van der Waals surface area contributed by atoms with Crippen molar-refractivity contribution < 1.29 is 38.3 Å². The van der Waals surface area contributed by atoms with Crippen LogP contribution in [0.25, 0.3) is 21.7 Å². The molecule has 3 atom stereocenters. The topological polar surface area (TPSA) is 204 Å². The maximum atomic E-state index is 14.5. The first-order valence-corrected chi connectivity index (χ1v) is 24.3. The van der Waals surface area contributed by atoms with Crippen LogP contribution < -0.4 is 21.1 Å². The van der Waals surface area contributed by atoms with E-state index in [0.717, 1.165) is 51.5 Å². The summed E-state index contributed by atoms with van der Waals surface area (Å²) in [6.07, 6.45) is 6.36.